The molecule has 0 saturated heterocycles. The second kappa shape index (κ2) is 19.2. The van der Waals surface area contributed by atoms with Crippen LogP contribution in [0.15, 0.2) is 165 Å². The number of anilines is 1. The van der Waals surface area contributed by atoms with Gasteiger partial charge in [0.25, 0.3) is 0 Å². The molecule has 0 bridgehead atoms. The molecule has 0 spiro atoms. The molecule has 0 aliphatic carbocycles. The van der Waals surface area contributed by atoms with Gasteiger partial charge in [0.05, 0.1) is 22.3 Å². The van der Waals surface area contributed by atoms with Crippen LogP contribution < -0.4 is 14.8 Å². The highest BCUT2D eigenvalue weighted by molar-refractivity contribution is 5.93. The van der Waals surface area contributed by atoms with Crippen molar-refractivity contribution < 1.29 is 61.2 Å². The third kappa shape index (κ3) is 10.3. The summed E-state index contributed by atoms with van der Waals surface area (Å²) in [5, 5.41) is 30.5. The fourth-order valence-corrected chi connectivity index (χ4v) is 7.10. The number of benzene rings is 6. The smallest absolute Gasteiger partial charge is 0.478 e. The Morgan fingerprint density at radius 2 is 1.17 bits per heavy atom. The molecule has 69 heavy (non-hydrogen) atoms. The van der Waals surface area contributed by atoms with Crippen LogP contribution in [0.1, 0.15) is 43.1 Å². The number of pyridine rings is 1. The first kappa shape index (κ1) is 44.7. The van der Waals surface area contributed by atoms with Crippen molar-refractivity contribution in [1.29, 1.82) is 0 Å². The highest BCUT2D eigenvalue weighted by atomic mass is 19.3. The summed E-state index contributed by atoms with van der Waals surface area (Å²) < 4.78 is 52.2. The third-order valence-corrected chi connectivity index (χ3v) is 10.4. The van der Waals surface area contributed by atoms with Gasteiger partial charge in [-0.15, -0.1) is 8.78 Å². The standard InChI is InChI=1S/C23H20N2O3.C15H7F2NO5.C13H8N2O3/c26-23(27)18-10-4-9-17(14-18)22-25-20-12-11-19(15-21(20)28-22)24-13-5-8-16-6-2-1-3-7-16;16-15(17)22-10-3-1-2-8(12(10)23-15)13-18-9-5-4-7(14(19)20)6-11(9)21-13;16-13(17)9-4-1-3-8(7-9)12-15-11-10(18-12)5-2-6-14-11/h1-4,6-7,9-12,14-15,24H,5,8,13H2,(H,26,27);1-6H,(H,19,20);1-7H,(H,16,17). The van der Waals surface area contributed by atoms with Crippen LogP contribution in [0.5, 0.6) is 11.5 Å². The molecular weight excluding hydrogens is 897 g/mol. The summed E-state index contributed by atoms with van der Waals surface area (Å²) in [5.41, 5.74) is 7.32. The first-order valence-corrected chi connectivity index (χ1v) is 21.0. The van der Waals surface area contributed by atoms with Gasteiger partial charge in [-0.1, -0.05) is 48.5 Å². The number of aromatic nitrogens is 4. The fourth-order valence-electron chi connectivity index (χ4n) is 7.10. The maximum atomic E-state index is 13.2. The molecule has 11 rings (SSSR count). The van der Waals surface area contributed by atoms with Crippen molar-refractivity contribution in [3.8, 4) is 45.9 Å². The number of carbonyl (C=O) groups is 3. The summed E-state index contributed by atoms with van der Waals surface area (Å²) >= 11 is 0. The van der Waals surface area contributed by atoms with E-state index in [1.807, 2.05) is 24.3 Å². The lowest BCUT2D eigenvalue weighted by molar-refractivity contribution is -0.286. The predicted octanol–water partition coefficient (Wildman–Crippen LogP) is 11.3. The van der Waals surface area contributed by atoms with Crippen LogP contribution >= 0.6 is 0 Å². The first-order chi connectivity index (χ1) is 33.4. The molecule has 1 aliphatic rings. The van der Waals surface area contributed by atoms with Crippen molar-refractivity contribution in [3.05, 3.63) is 174 Å². The van der Waals surface area contributed by atoms with Gasteiger partial charge < -0.3 is 43.4 Å². The van der Waals surface area contributed by atoms with Crippen LogP contribution in [0.2, 0.25) is 0 Å². The van der Waals surface area contributed by atoms with Crippen molar-refractivity contribution >= 4 is 57.0 Å². The number of oxazole rings is 3. The molecule has 4 aromatic heterocycles. The van der Waals surface area contributed by atoms with E-state index in [0.717, 1.165) is 30.6 Å². The monoisotopic (exact) mass is 931 g/mol. The van der Waals surface area contributed by atoms with Crippen LogP contribution in [-0.2, 0) is 6.42 Å². The van der Waals surface area contributed by atoms with Gasteiger partial charge in [-0.05, 0) is 109 Å². The number of hydrogen-bond donors (Lipinski definition) is 4. The Hall–Kier alpha value is -9.45. The SMILES string of the molecule is O=C(O)c1ccc2nc(-c3cccc4c3OC(F)(F)O4)oc2c1.O=C(O)c1cccc(-c2nc3ccc(NCCCc4ccccc4)cc3o2)c1.O=C(O)c1cccc(-c2nc3ncccc3o2)c1. The van der Waals surface area contributed by atoms with Crippen molar-refractivity contribution in [2.45, 2.75) is 19.1 Å². The number of fused-ring (bicyclic) bond motifs is 4. The van der Waals surface area contributed by atoms with Crippen LogP contribution in [0.4, 0.5) is 14.5 Å². The number of ether oxygens (including phenoxy) is 2. The van der Waals surface area contributed by atoms with Gasteiger partial charge in [-0.3, -0.25) is 0 Å². The Morgan fingerprint density at radius 1 is 0.565 bits per heavy atom. The number of hydrogen-bond acceptors (Lipinski definition) is 13. The zero-order valence-electron chi connectivity index (χ0n) is 35.7. The van der Waals surface area contributed by atoms with Crippen LogP contribution in [0, 0.1) is 0 Å². The van der Waals surface area contributed by atoms with E-state index in [1.54, 1.807) is 54.7 Å². The van der Waals surface area contributed by atoms with E-state index >= 15 is 0 Å². The van der Waals surface area contributed by atoms with Gasteiger partial charge in [0.15, 0.2) is 33.9 Å². The second-order valence-corrected chi connectivity index (χ2v) is 15.1. The molecule has 1 aliphatic heterocycles. The van der Waals surface area contributed by atoms with Gasteiger partial charge in [0, 0.05) is 35.6 Å². The molecule has 10 aromatic rings. The number of carboxylic acids is 3. The number of carboxylic acid groups (broad SMARTS) is 3. The minimum absolute atomic E-state index is 0.0284. The highest BCUT2D eigenvalue weighted by Gasteiger charge is 2.45. The molecule has 4 N–H and O–H groups in total. The molecule has 0 saturated carbocycles. The number of nitrogens with one attached hydrogen (secondary N) is 1. The molecule has 0 atom stereocenters. The highest BCUT2D eigenvalue weighted by Crippen LogP contribution is 2.47. The molecular formula is C51H35F2N5O11. The average Bonchev–Trinajstić information content (AvgIpc) is 4.16. The van der Waals surface area contributed by atoms with Crippen molar-refractivity contribution in [3.63, 3.8) is 0 Å². The van der Waals surface area contributed by atoms with E-state index < -0.39 is 24.2 Å². The van der Waals surface area contributed by atoms with Gasteiger partial charge in [0.1, 0.15) is 11.0 Å². The van der Waals surface area contributed by atoms with E-state index in [1.165, 1.54) is 54.1 Å². The van der Waals surface area contributed by atoms with Crippen LogP contribution in [-0.4, -0.2) is 66.0 Å². The average molecular weight is 932 g/mol. The second-order valence-electron chi connectivity index (χ2n) is 15.1. The molecule has 0 unspecified atom stereocenters. The number of aryl methyl sites for hydroxylation is 1. The Labute approximate surface area is 388 Å². The van der Waals surface area contributed by atoms with Crippen LogP contribution in [0.3, 0.4) is 0 Å². The molecule has 6 aromatic carbocycles. The van der Waals surface area contributed by atoms with Crippen molar-refractivity contribution in [2.24, 2.45) is 0 Å². The summed E-state index contributed by atoms with van der Waals surface area (Å²) in [7, 11) is 0. The van der Waals surface area contributed by atoms with E-state index in [4.69, 9.17) is 28.6 Å². The summed E-state index contributed by atoms with van der Waals surface area (Å²) in [6.07, 6.45) is -0.0582. The summed E-state index contributed by atoms with van der Waals surface area (Å²) in [6, 6.07) is 41.3. The summed E-state index contributed by atoms with van der Waals surface area (Å²) in [6.45, 7) is 0.863. The molecule has 16 nitrogen and oxygen atoms in total. The molecule has 18 heteroatoms. The molecule has 0 radical (unpaired) electrons. The van der Waals surface area contributed by atoms with Gasteiger partial charge in [0.2, 0.25) is 17.7 Å². The van der Waals surface area contributed by atoms with Crippen molar-refractivity contribution in [1.82, 2.24) is 19.9 Å². The number of nitrogens with zero attached hydrogens (tertiary/aromatic N) is 4. The lowest BCUT2D eigenvalue weighted by atomic mass is 10.1. The van der Waals surface area contributed by atoms with Gasteiger partial charge >= 0.3 is 24.2 Å². The lowest BCUT2D eigenvalue weighted by Crippen LogP contribution is -2.26. The van der Waals surface area contributed by atoms with E-state index in [0.29, 0.717) is 45.2 Å². The number of para-hydroxylation sites is 1. The quantitative estimate of drug-likeness (QED) is 0.0883. The Bertz CT molecular complexity index is 3480. The Kier molecular flexibility index (Phi) is 12.4. The molecule has 0 fully saturated rings. The maximum absolute atomic E-state index is 13.2. The number of aromatic carboxylic acids is 3. The topological polar surface area (TPSA) is 233 Å². The normalized spacial score (nSPS) is 12.2. The van der Waals surface area contributed by atoms with E-state index in [9.17, 15) is 23.2 Å². The molecule has 344 valence electrons. The van der Waals surface area contributed by atoms with Crippen molar-refractivity contribution in [2.75, 3.05) is 11.9 Å². The minimum atomic E-state index is -3.75. The Morgan fingerprint density at radius 3 is 1.87 bits per heavy atom. The van der Waals surface area contributed by atoms with Gasteiger partial charge in [-0.25, -0.2) is 29.3 Å². The Balaban J connectivity index is 0.000000132. The largest absolute Gasteiger partial charge is 0.586 e. The summed E-state index contributed by atoms with van der Waals surface area (Å²) in [5.74, 6) is -2.55. The number of rotatable bonds is 11. The molecule has 5 heterocycles. The molecule has 0 amide bonds. The third-order valence-electron chi connectivity index (χ3n) is 10.4. The summed E-state index contributed by atoms with van der Waals surface area (Å²) in [4.78, 5) is 49.9. The number of halogens is 2. The fraction of sp³-hybridized carbons (Fsp3) is 0.0784. The van der Waals surface area contributed by atoms with E-state index in [2.05, 4.69) is 59.0 Å². The lowest BCUT2D eigenvalue weighted by Gasteiger charge is -2.06. The zero-order chi connectivity index (χ0) is 48.1. The predicted molar refractivity (Wildman–Crippen MR) is 246 cm³/mol. The maximum Gasteiger partial charge on any atom is 0.586 e. The van der Waals surface area contributed by atoms with Crippen LogP contribution in [0.25, 0.3) is 67.8 Å². The van der Waals surface area contributed by atoms with E-state index in [-0.39, 0.29) is 45.2 Å². The first-order valence-electron chi connectivity index (χ1n) is 21.0. The van der Waals surface area contributed by atoms with Gasteiger partial charge in [-0.2, -0.15) is 4.98 Å². The zero-order valence-corrected chi connectivity index (χ0v) is 35.7. The number of alkyl halides is 2. The minimum Gasteiger partial charge on any atom is -0.478 e.